The molecule has 0 spiro atoms. The van der Waals surface area contributed by atoms with E-state index in [9.17, 15) is 14.4 Å². The summed E-state index contributed by atoms with van der Waals surface area (Å²) >= 11 is 1.49. The van der Waals surface area contributed by atoms with Crippen molar-refractivity contribution >= 4 is 34.7 Å². The number of aryl methyl sites for hydroxylation is 2. The number of nitriles is 1. The molecule has 0 unspecified atom stereocenters. The third kappa shape index (κ3) is 6.40. The second-order valence-corrected chi connectivity index (χ2v) is 8.55. The molecule has 3 rings (SSSR count). The number of hydrazine groups is 1. The van der Waals surface area contributed by atoms with E-state index in [1.54, 1.807) is 12.1 Å². The maximum absolute atomic E-state index is 12.6. The van der Waals surface area contributed by atoms with E-state index in [4.69, 9.17) is 5.26 Å². The molecule has 0 saturated heterocycles. The molecule has 0 atom stereocenters. The lowest BCUT2D eigenvalue weighted by molar-refractivity contribution is -0.125. The number of anilines is 1. The molecule has 1 aliphatic carbocycles. The Balaban J connectivity index is 1.48. The normalized spacial score (nSPS) is 12.7. The van der Waals surface area contributed by atoms with Gasteiger partial charge >= 0.3 is 0 Å². The van der Waals surface area contributed by atoms with Gasteiger partial charge in [-0.25, -0.2) is 0 Å². The molecule has 1 heterocycles. The lowest BCUT2D eigenvalue weighted by atomic mass is 10.1. The van der Waals surface area contributed by atoms with Crippen LogP contribution < -0.4 is 15.8 Å². The minimum absolute atomic E-state index is 0.0185. The Hall–Kier alpha value is -3.18. The van der Waals surface area contributed by atoms with Crippen molar-refractivity contribution in [1.82, 2.24) is 10.9 Å². The van der Waals surface area contributed by atoms with Crippen LogP contribution in [0.25, 0.3) is 0 Å². The molecule has 0 aliphatic heterocycles. The Morgan fingerprint density at radius 3 is 2.58 bits per heavy atom. The van der Waals surface area contributed by atoms with E-state index < -0.39 is 5.91 Å². The fraction of sp³-hybridized carbons (Fsp3) is 0.391. The second kappa shape index (κ2) is 11.3. The molecule has 0 bridgehead atoms. The zero-order chi connectivity index (χ0) is 22.1. The van der Waals surface area contributed by atoms with E-state index in [2.05, 4.69) is 10.9 Å². The monoisotopic (exact) mass is 438 g/mol. The third-order valence-corrected chi connectivity index (χ3v) is 6.40. The molecule has 1 aromatic carbocycles. The van der Waals surface area contributed by atoms with Crippen LogP contribution in [0.4, 0.5) is 5.69 Å². The molecule has 8 heteroatoms. The number of nitrogens with one attached hydrogen (secondary N) is 2. The van der Waals surface area contributed by atoms with Gasteiger partial charge < -0.3 is 4.90 Å². The van der Waals surface area contributed by atoms with Crippen LogP contribution in [-0.2, 0) is 22.4 Å². The Bertz CT molecular complexity index is 941. The molecule has 7 nitrogen and oxygen atoms in total. The number of hydrogen-bond donors (Lipinski definition) is 2. The molecule has 3 amide bonds. The van der Waals surface area contributed by atoms with Gasteiger partial charge in [0.15, 0.2) is 0 Å². The number of fused-ring (bicyclic) bond motifs is 1. The lowest BCUT2D eigenvalue weighted by Crippen LogP contribution is -2.42. The van der Waals surface area contributed by atoms with Crippen molar-refractivity contribution in [1.29, 1.82) is 5.26 Å². The first-order valence-electron chi connectivity index (χ1n) is 10.5. The number of benzene rings is 1. The molecule has 0 fully saturated rings. The molecule has 1 aromatic heterocycles. The van der Waals surface area contributed by atoms with E-state index in [1.165, 1.54) is 33.1 Å². The zero-order valence-corrected chi connectivity index (χ0v) is 18.2. The van der Waals surface area contributed by atoms with Gasteiger partial charge in [0.05, 0.1) is 17.4 Å². The van der Waals surface area contributed by atoms with Gasteiger partial charge in [0.2, 0.25) is 11.8 Å². The van der Waals surface area contributed by atoms with Crippen molar-refractivity contribution < 1.29 is 14.4 Å². The molecule has 0 radical (unpaired) electrons. The van der Waals surface area contributed by atoms with Gasteiger partial charge in [-0.15, -0.1) is 11.3 Å². The van der Waals surface area contributed by atoms with Crippen molar-refractivity contribution in [3.8, 4) is 6.07 Å². The number of hydrogen-bond acceptors (Lipinski definition) is 5. The maximum atomic E-state index is 12.6. The van der Waals surface area contributed by atoms with Crippen molar-refractivity contribution in [2.45, 2.75) is 51.4 Å². The predicted octanol–water partition coefficient (Wildman–Crippen LogP) is 3.51. The minimum Gasteiger partial charge on any atom is -0.311 e. The van der Waals surface area contributed by atoms with E-state index in [0.717, 1.165) is 25.7 Å². The summed E-state index contributed by atoms with van der Waals surface area (Å²) in [5.74, 6) is -1.02. The van der Waals surface area contributed by atoms with Gasteiger partial charge in [-0.3, -0.25) is 25.2 Å². The van der Waals surface area contributed by atoms with Crippen LogP contribution in [0.2, 0.25) is 0 Å². The Morgan fingerprint density at radius 2 is 1.81 bits per heavy atom. The van der Waals surface area contributed by atoms with Crippen LogP contribution in [0.1, 0.15) is 58.6 Å². The van der Waals surface area contributed by atoms with Crippen molar-refractivity contribution in [2.75, 3.05) is 11.4 Å². The molecule has 31 heavy (non-hydrogen) atoms. The molecule has 0 saturated carbocycles. The van der Waals surface area contributed by atoms with E-state index >= 15 is 0 Å². The van der Waals surface area contributed by atoms with Crippen LogP contribution in [0.3, 0.4) is 0 Å². The number of nitrogens with zero attached hydrogens (tertiary/aromatic N) is 2. The largest absolute Gasteiger partial charge is 0.311 e. The first kappa shape index (κ1) is 22.5. The van der Waals surface area contributed by atoms with E-state index in [1.807, 2.05) is 30.3 Å². The number of carbonyl (C=O) groups excluding carboxylic acids is 3. The van der Waals surface area contributed by atoms with Crippen molar-refractivity contribution in [2.24, 2.45) is 0 Å². The average Bonchev–Trinajstić information content (AvgIpc) is 3.07. The van der Waals surface area contributed by atoms with Crippen LogP contribution in [0, 0.1) is 11.3 Å². The highest BCUT2D eigenvalue weighted by molar-refractivity contribution is 7.14. The second-order valence-electron chi connectivity index (χ2n) is 7.41. The van der Waals surface area contributed by atoms with Gasteiger partial charge in [0.1, 0.15) is 0 Å². The summed E-state index contributed by atoms with van der Waals surface area (Å²) in [6, 6.07) is 13.0. The van der Waals surface area contributed by atoms with Gasteiger partial charge in [0, 0.05) is 30.0 Å². The summed E-state index contributed by atoms with van der Waals surface area (Å²) in [6.07, 6.45) is 5.63. The number of thiophene rings is 1. The predicted molar refractivity (Wildman–Crippen MR) is 119 cm³/mol. The van der Waals surface area contributed by atoms with Crippen LogP contribution in [0.15, 0.2) is 36.4 Å². The fourth-order valence-corrected chi connectivity index (χ4v) is 4.70. The third-order valence-electron chi connectivity index (χ3n) is 5.17. The number of rotatable bonds is 7. The van der Waals surface area contributed by atoms with Crippen LogP contribution >= 0.6 is 11.3 Å². The smallest absolute Gasteiger partial charge is 0.279 e. The summed E-state index contributed by atoms with van der Waals surface area (Å²) in [6.45, 7) is 0.265. The average molecular weight is 439 g/mol. The Morgan fingerprint density at radius 1 is 1.03 bits per heavy atom. The molecular formula is C23H26N4O3S. The molecule has 162 valence electrons. The number of carbonyl (C=O) groups is 3. The Kier molecular flexibility index (Phi) is 8.19. The highest BCUT2D eigenvalue weighted by Gasteiger charge is 2.19. The van der Waals surface area contributed by atoms with Crippen molar-refractivity contribution in [3.63, 3.8) is 0 Å². The summed E-state index contributed by atoms with van der Waals surface area (Å²) < 4.78 is 0. The first-order valence-corrected chi connectivity index (χ1v) is 11.3. The van der Waals surface area contributed by atoms with Gasteiger partial charge in [-0.05, 0) is 49.4 Å². The van der Waals surface area contributed by atoms with Crippen molar-refractivity contribution in [3.05, 3.63) is 51.7 Å². The summed E-state index contributed by atoms with van der Waals surface area (Å²) in [7, 11) is 0. The highest BCUT2D eigenvalue weighted by atomic mass is 32.1. The minimum atomic E-state index is -0.437. The fourth-order valence-electron chi connectivity index (χ4n) is 3.55. The quantitative estimate of drug-likeness (QED) is 0.510. The summed E-state index contributed by atoms with van der Waals surface area (Å²) in [4.78, 5) is 40.5. The van der Waals surface area contributed by atoms with Gasteiger partial charge in [0.25, 0.3) is 5.91 Å². The van der Waals surface area contributed by atoms with Crippen LogP contribution in [0.5, 0.6) is 0 Å². The summed E-state index contributed by atoms with van der Waals surface area (Å²) in [5.41, 5.74) is 6.77. The number of para-hydroxylation sites is 1. The first-order chi connectivity index (χ1) is 15.1. The van der Waals surface area contributed by atoms with Crippen LogP contribution in [-0.4, -0.2) is 24.3 Å². The standard InChI is InChI=1S/C23H26N4O3S/c24-14-7-15-27(18-9-4-2-5-10-18)22(29)13-12-21(28)25-26-23(30)20-16-17-8-3-1-6-11-19(17)31-20/h2,4-5,9-10,16H,1,3,6-8,11-13,15H2,(H,25,28)(H,26,30). The lowest BCUT2D eigenvalue weighted by Gasteiger charge is -2.21. The Labute approximate surface area is 186 Å². The molecule has 1 aliphatic rings. The van der Waals surface area contributed by atoms with Gasteiger partial charge in [-0.1, -0.05) is 24.6 Å². The molecule has 2 aromatic rings. The molecule has 2 N–H and O–H groups in total. The molecular weight excluding hydrogens is 412 g/mol. The SMILES string of the molecule is N#CCCN(C(=O)CCC(=O)NNC(=O)c1cc2c(s1)CCCCC2)c1ccccc1. The maximum Gasteiger partial charge on any atom is 0.279 e. The van der Waals surface area contributed by atoms with E-state index in [0.29, 0.717) is 10.6 Å². The van der Waals surface area contributed by atoms with E-state index in [-0.39, 0.29) is 37.6 Å². The van der Waals surface area contributed by atoms with Gasteiger partial charge in [-0.2, -0.15) is 5.26 Å². The topological polar surface area (TPSA) is 102 Å². The highest BCUT2D eigenvalue weighted by Crippen LogP contribution is 2.28. The number of amides is 3. The zero-order valence-electron chi connectivity index (χ0n) is 17.4. The summed E-state index contributed by atoms with van der Waals surface area (Å²) in [5, 5.41) is 8.85.